The van der Waals surface area contributed by atoms with Gasteiger partial charge in [0.25, 0.3) is 5.91 Å². The normalized spacial score (nSPS) is 11.1. The van der Waals surface area contributed by atoms with Gasteiger partial charge >= 0.3 is 5.97 Å². The molecule has 9 heteroatoms. The van der Waals surface area contributed by atoms with Crippen molar-refractivity contribution in [2.24, 2.45) is 10.2 Å². The zero-order valence-electron chi connectivity index (χ0n) is 19.7. The van der Waals surface area contributed by atoms with Crippen LogP contribution < -0.4 is 5.32 Å². The van der Waals surface area contributed by atoms with Gasteiger partial charge in [-0.1, -0.05) is 60.7 Å². The van der Waals surface area contributed by atoms with Crippen molar-refractivity contribution in [3.63, 3.8) is 0 Å². The molecular weight excluding hydrogens is 470 g/mol. The third-order valence-electron chi connectivity index (χ3n) is 5.67. The van der Waals surface area contributed by atoms with Crippen LogP contribution in [0.25, 0.3) is 16.5 Å². The van der Waals surface area contributed by atoms with Crippen LogP contribution in [0.3, 0.4) is 0 Å². The highest BCUT2D eigenvalue weighted by Crippen LogP contribution is 2.40. The minimum atomic E-state index is -0.638. The number of azo groups is 1. The molecule has 0 atom stereocenters. The zero-order valence-corrected chi connectivity index (χ0v) is 19.7. The molecule has 5 rings (SSSR count). The number of hydrogen-bond donors (Lipinski definition) is 2. The molecule has 0 unspecified atom stereocenters. The van der Waals surface area contributed by atoms with Gasteiger partial charge in [0.2, 0.25) is 0 Å². The largest absolute Gasteiger partial charge is 0.505 e. The predicted octanol–water partition coefficient (Wildman–Crippen LogP) is 6.19. The van der Waals surface area contributed by atoms with Crippen molar-refractivity contribution >= 4 is 39.8 Å². The van der Waals surface area contributed by atoms with E-state index in [4.69, 9.17) is 4.74 Å². The van der Waals surface area contributed by atoms with E-state index in [1.165, 1.54) is 18.0 Å². The second-order valence-corrected chi connectivity index (χ2v) is 7.98. The lowest BCUT2D eigenvalue weighted by Gasteiger charge is -2.11. The number of fused-ring (bicyclic) bond motifs is 1. The fourth-order valence-corrected chi connectivity index (χ4v) is 3.86. The molecule has 182 valence electrons. The molecule has 1 amide bonds. The van der Waals surface area contributed by atoms with Gasteiger partial charge in [-0.25, -0.2) is 9.48 Å². The Morgan fingerprint density at radius 1 is 0.892 bits per heavy atom. The van der Waals surface area contributed by atoms with Gasteiger partial charge in [0.1, 0.15) is 11.3 Å². The molecule has 0 radical (unpaired) electrons. The standard InChI is InChI=1S/C28H21N5O4/c1-37-28(36)23-17-29-33(20-13-6-3-7-14-20)26(23)32-31-24-21-15-9-8-10-18(21)16-22(25(24)34)27(35)30-19-11-4-2-5-12-19/h2-17,34H,1H3,(H,30,35)/b32-31+. The first-order valence-electron chi connectivity index (χ1n) is 11.3. The van der Waals surface area contributed by atoms with E-state index in [9.17, 15) is 14.7 Å². The van der Waals surface area contributed by atoms with Crippen LogP contribution in [0.15, 0.2) is 107 Å². The van der Waals surface area contributed by atoms with Crippen LogP contribution in [0.5, 0.6) is 5.75 Å². The van der Waals surface area contributed by atoms with Gasteiger partial charge in [-0.2, -0.15) is 5.10 Å². The molecule has 1 aromatic heterocycles. The number of methoxy groups -OCH3 is 1. The molecule has 0 spiro atoms. The number of anilines is 1. The van der Waals surface area contributed by atoms with Crippen LogP contribution >= 0.6 is 0 Å². The number of benzene rings is 4. The minimum Gasteiger partial charge on any atom is -0.505 e. The Balaban J connectivity index is 1.63. The van der Waals surface area contributed by atoms with Gasteiger partial charge in [0, 0.05) is 11.1 Å². The van der Waals surface area contributed by atoms with E-state index in [1.807, 2.05) is 30.3 Å². The smallest absolute Gasteiger partial charge is 0.343 e. The highest BCUT2D eigenvalue weighted by atomic mass is 16.5. The first-order chi connectivity index (χ1) is 18.1. The minimum absolute atomic E-state index is 0.0289. The van der Waals surface area contributed by atoms with Crippen molar-refractivity contribution in [1.82, 2.24) is 9.78 Å². The molecule has 5 aromatic rings. The number of para-hydroxylation sites is 2. The third kappa shape index (κ3) is 4.65. The van der Waals surface area contributed by atoms with Crippen LogP contribution in [-0.2, 0) is 4.74 Å². The van der Waals surface area contributed by atoms with Gasteiger partial charge in [0.05, 0.1) is 24.6 Å². The Morgan fingerprint density at radius 3 is 2.30 bits per heavy atom. The number of nitrogens with one attached hydrogen (secondary N) is 1. The van der Waals surface area contributed by atoms with E-state index >= 15 is 0 Å². The van der Waals surface area contributed by atoms with Crippen molar-refractivity contribution in [2.45, 2.75) is 0 Å². The Morgan fingerprint density at radius 2 is 1.57 bits per heavy atom. The van der Waals surface area contributed by atoms with Crippen molar-refractivity contribution in [3.05, 3.63) is 108 Å². The molecule has 0 saturated carbocycles. The summed E-state index contributed by atoms with van der Waals surface area (Å²) in [6.07, 6.45) is 1.34. The molecule has 0 saturated heterocycles. The summed E-state index contributed by atoms with van der Waals surface area (Å²) in [6.45, 7) is 0. The van der Waals surface area contributed by atoms with E-state index < -0.39 is 11.9 Å². The zero-order chi connectivity index (χ0) is 25.8. The van der Waals surface area contributed by atoms with Crippen molar-refractivity contribution in [3.8, 4) is 11.4 Å². The van der Waals surface area contributed by atoms with E-state index in [1.54, 1.807) is 60.7 Å². The molecule has 4 aromatic carbocycles. The molecule has 2 N–H and O–H groups in total. The Hall–Kier alpha value is -5.31. The van der Waals surface area contributed by atoms with Gasteiger partial charge in [-0.05, 0) is 35.7 Å². The van der Waals surface area contributed by atoms with Crippen molar-refractivity contribution in [1.29, 1.82) is 0 Å². The Bertz CT molecular complexity index is 1630. The lowest BCUT2D eigenvalue weighted by Crippen LogP contribution is -2.12. The predicted molar refractivity (Wildman–Crippen MR) is 139 cm³/mol. The lowest BCUT2D eigenvalue weighted by molar-refractivity contribution is 0.0601. The van der Waals surface area contributed by atoms with E-state index in [0.717, 1.165) is 0 Å². The van der Waals surface area contributed by atoms with E-state index in [0.29, 0.717) is 22.1 Å². The summed E-state index contributed by atoms with van der Waals surface area (Å²) in [4.78, 5) is 25.5. The van der Waals surface area contributed by atoms with E-state index in [2.05, 4.69) is 20.6 Å². The number of aromatic nitrogens is 2. The van der Waals surface area contributed by atoms with Crippen molar-refractivity contribution < 1.29 is 19.4 Å². The highest BCUT2D eigenvalue weighted by Gasteiger charge is 2.21. The average Bonchev–Trinajstić information content (AvgIpc) is 3.36. The number of ether oxygens (including phenoxy) is 1. The van der Waals surface area contributed by atoms with Gasteiger partial charge in [0.15, 0.2) is 11.6 Å². The van der Waals surface area contributed by atoms with Crippen LogP contribution in [-0.4, -0.2) is 33.9 Å². The molecule has 0 aliphatic heterocycles. The maximum absolute atomic E-state index is 13.1. The highest BCUT2D eigenvalue weighted by molar-refractivity contribution is 6.11. The summed E-state index contributed by atoms with van der Waals surface area (Å²) in [5.74, 6) is -1.38. The maximum Gasteiger partial charge on any atom is 0.343 e. The fraction of sp³-hybridized carbons (Fsp3) is 0.0357. The topological polar surface area (TPSA) is 118 Å². The van der Waals surface area contributed by atoms with E-state index in [-0.39, 0.29) is 28.4 Å². The van der Waals surface area contributed by atoms with Crippen LogP contribution in [0.1, 0.15) is 20.7 Å². The van der Waals surface area contributed by atoms with Crippen LogP contribution in [0, 0.1) is 0 Å². The van der Waals surface area contributed by atoms with Crippen LogP contribution in [0.2, 0.25) is 0 Å². The number of rotatable bonds is 6. The first-order valence-corrected chi connectivity index (χ1v) is 11.3. The van der Waals surface area contributed by atoms with Gasteiger partial charge in [-0.15, -0.1) is 10.2 Å². The average molecular weight is 492 g/mol. The number of nitrogens with zero attached hydrogens (tertiary/aromatic N) is 4. The molecule has 1 heterocycles. The molecule has 0 fully saturated rings. The Labute approximate surface area is 211 Å². The number of phenolic OH excluding ortho intramolecular Hbond substituents is 1. The quantitative estimate of drug-likeness (QED) is 0.217. The summed E-state index contributed by atoms with van der Waals surface area (Å²) < 4.78 is 6.33. The maximum atomic E-state index is 13.1. The number of phenols is 1. The number of esters is 1. The number of carbonyl (C=O) groups excluding carboxylic acids is 2. The lowest BCUT2D eigenvalue weighted by atomic mass is 10.0. The summed E-state index contributed by atoms with van der Waals surface area (Å²) in [5, 5.41) is 28.1. The molecule has 0 bridgehead atoms. The second-order valence-electron chi connectivity index (χ2n) is 7.98. The van der Waals surface area contributed by atoms with Crippen molar-refractivity contribution in [2.75, 3.05) is 12.4 Å². The third-order valence-corrected chi connectivity index (χ3v) is 5.67. The van der Waals surface area contributed by atoms with Gasteiger partial charge < -0.3 is 15.2 Å². The molecule has 37 heavy (non-hydrogen) atoms. The number of hydrogen-bond acceptors (Lipinski definition) is 7. The molecule has 0 aliphatic carbocycles. The molecule has 0 aliphatic rings. The summed E-state index contributed by atoms with van der Waals surface area (Å²) in [6, 6.07) is 26.8. The van der Waals surface area contributed by atoms with Gasteiger partial charge in [-0.3, -0.25) is 4.79 Å². The first kappa shape index (κ1) is 23.4. The number of aromatic hydroxyl groups is 1. The Kier molecular flexibility index (Phi) is 6.41. The summed E-state index contributed by atoms with van der Waals surface area (Å²) in [7, 11) is 1.26. The molecule has 9 nitrogen and oxygen atoms in total. The molecular formula is C28H21N5O4. The second kappa shape index (κ2) is 10.1. The SMILES string of the molecule is COC(=O)c1cnn(-c2ccccc2)c1/N=N/c1c(O)c(C(=O)Nc2ccccc2)cc2ccccc12. The fourth-order valence-electron chi connectivity index (χ4n) is 3.86. The monoisotopic (exact) mass is 491 g/mol. The summed E-state index contributed by atoms with van der Waals surface area (Å²) in [5.41, 5.74) is 1.43. The summed E-state index contributed by atoms with van der Waals surface area (Å²) >= 11 is 0. The van der Waals surface area contributed by atoms with Crippen LogP contribution in [0.4, 0.5) is 17.2 Å². The number of amides is 1. The number of carbonyl (C=O) groups is 2.